The van der Waals surface area contributed by atoms with Crippen molar-refractivity contribution in [3.05, 3.63) is 29.8 Å². The van der Waals surface area contributed by atoms with Crippen molar-refractivity contribution < 1.29 is 4.74 Å². The zero-order valence-corrected chi connectivity index (χ0v) is 12.1. The van der Waals surface area contributed by atoms with E-state index in [9.17, 15) is 0 Å². The topological polar surface area (TPSA) is 38.5 Å². The maximum Gasteiger partial charge on any atom is 0.119 e. The minimum atomic E-state index is 0.0630. The molecule has 1 aromatic carbocycles. The zero-order chi connectivity index (χ0) is 13.7. The van der Waals surface area contributed by atoms with Crippen LogP contribution in [0.4, 0.5) is 0 Å². The Morgan fingerprint density at radius 2 is 2.26 bits per heavy atom. The van der Waals surface area contributed by atoms with Gasteiger partial charge >= 0.3 is 0 Å². The second-order valence-electron chi connectivity index (χ2n) is 5.63. The third-order valence-electron chi connectivity index (χ3n) is 4.03. The minimum Gasteiger partial charge on any atom is -0.494 e. The molecule has 0 saturated carbocycles. The van der Waals surface area contributed by atoms with E-state index in [-0.39, 0.29) is 6.04 Å². The lowest BCUT2D eigenvalue weighted by Gasteiger charge is -2.32. The molecule has 0 amide bonds. The number of hydrogen-bond acceptors (Lipinski definition) is 3. The van der Waals surface area contributed by atoms with Gasteiger partial charge in [-0.05, 0) is 57.5 Å². The molecule has 0 radical (unpaired) electrons. The van der Waals surface area contributed by atoms with Crippen molar-refractivity contribution in [2.75, 3.05) is 20.2 Å². The van der Waals surface area contributed by atoms with Gasteiger partial charge in [-0.2, -0.15) is 0 Å². The van der Waals surface area contributed by atoms with Crippen LogP contribution < -0.4 is 10.5 Å². The standard InChI is InChI=1S/C16H26N2O/c1-13(17)14-6-5-8-16(12-14)19-11-9-15-7-3-4-10-18(15)2/h5-6,8,12-13,15H,3-4,7,9-11,17H2,1-2H3/t13-,15?/m0/s1. The van der Waals surface area contributed by atoms with Gasteiger partial charge in [0.05, 0.1) is 6.61 Å². The van der Waals surface area contributed by atoms with Crippen molar-refractivity contribution in [3.63, 3.8) is 0 Å². The molecule has 19 heavy (non-hydrogen) atoms. The van der Waals surface area contributed by atoms with Crippen LogP contribution in [0.2, 0.25) is 0 Å². The van der Waals surface area contributed by atoms with Gasteiger partial charge in [-0.15, -0.1) is 0 Å². The number of rotatable bonds is 5. The van der Waals surface area contributed by atoms with Crippen molar-refractivity contribution in [1.29, 1.82) is 0 Å². The van der Waals surface area contributed by atoms with E-state index in [0.29, 0.717) is 6.04 Å². The van der Waals surface area contributed by atoms with E-state index < -0.39 is 0 Å². The zero-order valence-electron chi connectivity index (χ0n) is 12.1. The summed E-state index contributed by atoms with van der Waals surface area (Å²) in [5, 5.41) is 0. The van der Waals surface area contributed by atoms with Crippen LogP contribution in [0.5, 0.6) is 5.75 Å². The van der Waals surface area contributed by atoms with Gasteiger partial charge in [0.2, 0.25) is 0 Å². The lowest BCUT2D eigenvalue weighted by molar-refractivity contribution is 0.153. The molecule has 1 aliphatic rings. The number of nitrogens with zero attached hydrogens (tertiary/aromatic N) is 1. The smallest absolute Gasteiger partial charge is 0.119 e. The number of likely N-dealkylation sites (tertiary alicyclic amines) is 1. The van der Waals surface area contributed by atoms with E-state index in [1.165, 1.54) is 25.8 Å². The highest BCUT2D eigenvalue weighted by atomic mass is 16.5. The van der Waals surface area contributed by atoms with Gasteiger partial charge < -0.3 is 15.4 Å². The van der Waals surface area contributed by atoms with Crippen LogP contribution in [-0.4, -0.2) is 31.1 Å². The van der Waals surface area contributed by atoms with Gasteiger partial charge in [-0.3, -0.25) is 0 Å². The fraction of sp³-hybridized carbons (Fsp3) is 0.625. The second-order valence-corrected chi connectivity index (χ2v) is 5.63. The van der Waals surface area contributed by atoms with Gasteiger partial charge in [0.25, 0.3) is 0 Å². The summed E-state index contributed by atoms with van der Waals surface area (Å²) in [4.78, 5) is 2.46. The Labute approximate surface area is 116 Å². The third kappa shape index (κ3) is 4.22. The molecule has 1 heterocycles. The predicted molar refractivity (Wildman–Crippen MR) is 79.4 cm³/mol. The summed E-state index contributed by atoms with van der Waals surface area (Å²) in [6.45, 7) is 4.01. The molecule has 2 rings (SSSR count). The molecule has 1 aliphatic heterocycles. The first-order chi connectivity index (χ1) is 9.16. The number of ether oxygens (including phenoxy) is 1. The average Bonchev–Trinajstić information content (AvgIpc) is 2.41. The third-order valence-corrected chi connectivity index (χ3v) is 4.03. The van der Waals surface area contributed by atoms with Crippen LogP contribution in [0.1, 0.15) is 44.2 Å². The van der Waals surface area contributed by atoms with E-state index in [4.69, 9.17) is 10.5 Å². The van der Waals surface area contributed by atoms with E-state index in [0.717, 1.165) is 24.3 Å². The molecule has 1 fully saturated rings. The van der Waals surface area contributed by atoms with Gasteiger partial charge in [0.1, 0.15) is 5.75 Å². The Kier molecular flexibility index (Phi) is 5.23. The highest BCUT2D eigenvalue weighted by Gasteiger charge is 2.18. The van der Waals surface area contributed by atoms with E-state index >= 15 is 0 Å². The highest BCUT2D eigenvalue weighted by Crippen LogP contribution is 2.20. The van der Waals surface area contributed by atoms with Crippen molar-refractivity contribution in [3.8, 4) is 5.75 Å². The molecule has 1 saturated heterocycles. The molecule has 1 aromatic rings. The molecule has 1 unspecified atom stereocenters. The first-order valence-electron chi connectivity index (χ1n) is 7.35. The quantitative estimate of drug-likeness (QED) is 0.886. The number of benzene rings is 1. The maximum atomic E-state index is 5.88. The molecule has 3 nitrogen and oxygen atoms in total. The molecule has 3 heteroatoms. The van der Waals surface area contributed by atoms with Gasteiger partial charge in [0, 0.05) is 12.1 Å². The molecule has 2 N–H and O–H groups in total. The molecule has 0 aliphatic carbocycles. The number of hydrogen-bond donors (Lipinski definition) is 1. The molecule has 2 atom stereocenters. The fourth-order valence-electron chi connectivity index (χ4n) is 2.71. The summed E-state index contributed by atoms with van der Waals surface area (Å²) in [6, 6.07) is 8.87. The van der Waals surface area contributed by atoms with E-state index in [2.05, 4.69) is 18.0 Å². The van der Waals surface area contributed by atoms with Crippen LogP contribution in [0.25, 0.3) is 0 Å². The molecule has 0 aromatic heterocycles. The Bertz CT molecular complexity index is 392. The highest BCUT2D eigenvalue weighted by molar-refractivity contribution is 5.30. The van der Waals surface area contributed by atoms with Crippen LogP contribution in [0, 0.1) is 0 Å². The van der Waals surface area contributed by atoms with Crippen LogP contribution in [-0.2, 0) is 0 Å². The van der Waals surface area contributed by atoms with Crippen molar-refractivity contribution in [2.24, 2.45) is 5.73 Å². The van der Waals surface area contributed by atoms with Crippen LogP contribution in [0.15, 0.2) is 24.3 Å². The van der Waals surface area contributed by atoms with Gasteiger partial charge in [-0.1, -0.05) is 18.6 Å². The Hall–Kier alpha value is -1.06. The monoisotopic (exact) mass is 262 g/mol. The van der Waals surface area contributed by atoms with Crippen molar-refractivity contribution in [1.82, 2.24) is 4.90 Å². The molecule has 0 bridgehead atoms. The first-order valence-corrected chi connectivity index (χ1v) is 7.35. The summed E-state index contributed by atoms with van der Waals surface area (Å²) in [5.74, 6) is 0.938. The number of nitrogens with two attached hydrogens (primary N) is 1. The second kappa shape index (κ2) is 6.92. The predicted octanol–water partition coefficient (Wildman–Crippen LogP) is 2.96. The number of piperidine rings is 1. The average molecular weight is 262 g/mol. The summed E-state index contributed by atoms with van der Waals surface area (Å²) >= 11 is 0. The fourth-order valence-corrected chi connectivity index (χ4v) is 2.71. The molecule has 106 valence electrons. The van der Waals surface area contributed by atoms with Crippen LogP contribution in [0.3, 0.4) is 0 Å². The lowest BCUT2D eigenvalue weighted by Crippen LogP contribution is -2.37. The van der Waals surface area contributed by atoms with E-state index in [1.807, 2.05) is 25.1 Å². The molecule has 0 spiro atoms. The van der Waals surface area contributed by atoms with Crippen LogP contribution >= 0.6 is 0 Å². The summed E-state index contributed by atoms with van der Waals surface area (Å²) in [7, 11) is 2.22. The maximum absolute atomic E-state index is 5.88. The molecular formula is C16H26N2O. The SMILES string of the molecule is C[C@H](N)c1cccc(OCCC2CCCCN2C)c1. The Balaban J connectivity index is 1.80. The summed E-state index contributed by atoms with van der Waals surface area (Å²) < 4.78 is 5.87. The van der Waals surface area contributed by atoms with Gasteiger partial charge in [0.15, 0.2) is 0 Å². The Morgan fingerprint density at radius 3 is 3.00 bits per heavy atom. The largest absolute Gasteiger partial charge is 0.494 e. The Morgan fingerprint density at radius 1 is 1.42 bits per heavy atom. The first kappa shape index (κ1) is 14.4. The lowest BCUT2D eigenvalue weighted by atomic mass is 10.0. The minimum absolute atomic E-state index is 0.0630. The summed E-state index contributed by atoms with van der Waals surface area (Å²) in [6.07, 6.45) is 5.11. The van der Waals surface area contributed by atoms with E-state index in [1.54, 1.807) is 0 Å². The molecular weight excluding hydrogens is 236 g/mol. The summed E-state index contributed by atoms with van der Waals surface area (Å²) in [5.41, 5.74) is 7.02. The van der Waals surface area contributed by atoms with Gasteiger partial charge in [-0.25, -0.2) is 0 Å². The van der Waals surface area contributed by atoms with Crippen molar-refractivity contribution in [2.45, 2.75) is 44.7 Å². The van der Waals surface area contributed by atoms with Crippen molar-refractivity contribution >= 4 is 0 Å². The normalized spacial score (nSPS) is 22.2.